The molecule has 0 unspecified atom stereocenters. The first-order valence-electron chi connectivity index (χ1n) is 7.85. The van der Waals surface area contributed by atoms with E-state index >= 15 is 0 Å². The minimum Gasteiger partial charge on any atom is -0.496 e. The third kappa shape index (κ3) is 4.87. The Labute approximate surface area is 164 Å². The van der Waals surface area contributed by atoms with E-state index in [-0.39, 0.29) is 21.9 Å². The van der Waals surface area contributed by atoms with E-state index in [0.717, 1.165) is 18.2 Å². The van der Waals surface area contributed by atoms with E-state index in [1.165, 1.54) is 19.2 Å². The van der Waals surface area contributed by atoms with Crippen molar-refractivity contribution in [1.82, 2.24) is 5.32 Å². The van der Waals surface area contributed by atoms with Gasteiger partial charge in [0.1, 0.15) is 5.75 Å². The predicted octanol–water partition coefficient (Wildman–Crippen LogP) is 3.92. The zero-order chi connectivity index (χ0) is 21.1. The minimum atomic E-state index is -4.75. The van der Waals surface area contributed by atoms with Crippen molar-refractivity contribution in [3.05, 3.63) is 52.5 Å². The van der Waals surface area contributed by atoms with Crippen LogP contribution in [0, 0.1) is 0 Å². The molecule has 0 aromatic heterocycles. The first-order chi connectivity index (χ1) is 13.0. The molecule has 0 aliphatic heterocycles. The van der Waals surface area contributed by atoms with Crippen molar-refractivity contribution in [2.24, 2.45) is 0 Å². The molecule has 0 aliphatic rings. The second-order valence-electron chi connectivity index (χ2n) is 5.52. The van der Waals surface area contributed by atoms with Crippen LogP contribution in [-0.4, -0.2) is 28.0 Å². The Balaban J connectivity index is 2.43. The van der Waals surface area contributed by atoms with Crippen LogP contribution in [0.2, 0.25) is 5.02 Å². The fraction of sp³-hybridized carbons (Fsp3) is 0.235. The van der Waals surface area contributed by atoms with Crippen LogP contribution in [0.5, 0.6) is 5.75 Å². The molecule has 0 bridgehead atoms. The molecule has 0 fully saturated rings. The van der Waals surface area contributed by atoms with Gasteiger partial charge in [0.05, 0.1) is 28.2 Å². The van der Waals surface area contributed by atoms with Crippen molar-refractivity contribution >= 4 is 33.2 Å². The van der Waals surface area contributed by atoms with E-state index in [1.54, 1.807) is 6.92 Å². The monoisotopic (exact) mass is 436 g/mol. The lowest BCUT2D eigenvalue weighted by atomic mass is 10.2. The maximum atomic E-state index is 13.0. The Morgan fingerprint density at radius 1 is 1.18 bits per heavy atom. The van der Waals surface area contributed by atoms with Crippen molar-refractivity contribution in [3.8, 4) is 5.75 Å². The van der Waals surface area contributed by atoms with Crippen LogP contribution in [0.4, 0.5) is 18.9 Å². The summed E-state index contributed by atoms with van der Waals surface area (Å²) in [6.45, 7) is 1.99. The molecule has 11 heteroatoms. The summed E-state index contributed by atoms with van der Waals surface area (Å²) in [5.41, 5.74) is -1.53. The highest BCUT2D eigenvalue weighted by Crippen LogP contribution is 2.36. The van der Waals surface area contributed by atoms with Crippen LogP contribution in [0.1, 0.15) is 22.8 Å². The van der Waals surface area contributed by atoms with Crippen LogP contribution in [0.25, 0.3) is 0 Å². The number of benzene rings is 2. The van der Waals surface area contributed by atoms with Gasteiger partial charge in [-0.05, 0) is 43.3 Å². The summed E-state index contributed by atoms with van der Waals surface area (Å²) in [7, 11) is -2.96. The van der Waals surface area contributed by atoms with Gasteiger partial charge in [0, 0.05) is 12.2 Å². The van der Waals surface area contributed by atoms with Crippen LogP contribution >= 0.6 is 11.6 Å². The lowest BCUT2D eigenvalue weighted by Crippen LogP contribution is -2.24. The molecule has 0 heterocycles. The Kier molecular flexibility index (Phi) is 6.45. The number of alkyl halides is 3. The summed E-state index contributed by atoms with van der Waals surface area (Å²) in [6.07, 6.45) is -4.75. The number of rotatable bonds is 6. The fourth-order valence-corrected chi connectivity index (χ4v) is 3.61. The minimum absolute atomic E-state index is 0.0284. The zero-order valence-electron chi connectivity index (χ0n) is 14.7. The normalized spacial score (nSPS) is 11.8. The standard InChI is InChI=1S/C17H16ClF3N2O4S/c1-3-22-16(24)12-9-11(5-7-15(12)27-2)28(25,26)23-10-4-6-14(18)13(8-10)17(19,20)21/h4-9,23H,3H2,1-2H3,(H,22,24). The molecule has 0 saturated carbocycles. The second kappa shape index (κ2) is 8.27. The number of amides is 1. The van der Waals surface area contributed by atoms with Crippen LogP contribution < -0.4 is 14.8 Å². The third-order valence-corrected chi connectivity index (χ3v) is 5.30. The maximum absolute atomic E-state index is 13.0. The first-order valence-corrected chi connectivity index (χ1v) is 9.71. The van der Waals surface area contributed by atoms with E-state index in [2.05, 4.69) is 10.0 Å². The zero-order valence-corrected chi connectivity index (χ0v) is 16.3. The van der Waals surface area contributed by atoms with Crippen molar-refractivity contribution in [2.45, 2.75) is 18.0 Å². The largest absolute Gasteiger partial charge is 0.496 e. The van der Waals surface area contributed by atoms with E-state index in [9.17, 15) is 26.4 Å². The molecular weight excluding hydrogens is 421 g/mol. The SMILES string of the molecule is CCNC(=O)c1cc(S(=O)(=O)Nc2ccc(Cl)c(C(F)(F)F)c2)ccc1OC. The highest BCUT2D eigenvalue weighted by atomic mass is 35.5. The molecule has 0 aliphatic carbocycles. The Morgan fingerprint density at radius 2 is 1.86 bits per heavy atom. The number of nitrogens with one attached hydrogen (secondary N) is 2. The smallest absolute Gasteiger partial charge is 0.417 e. The van der Waals surface area contributed by atoms with Crippen molar-refractivity contribution < 1.29 is 31.1 Å². The molecule has 2 aromatic rings. The van der Waals surface area contributed by atoms with Crippen LogP contribution in [-0.2, 0) is 16.2 Å². The van der Waals surface area contributed by atoms with Gasteiger partial charge in [-0.15, -0.1) is 0 Å². The molecule has 2 rings (SSSR count). The summed E-state index contributed by atoms with van der Waals surface area (Å²) in [6, 6.07) is 6.16. The lowest BCUT2D eigenvalue weighted by Gasteiger charge is -2.14. The number of ether oxygens (including phenoxy) is 1. The number of sulfonamides is 1. The van der Waals surface area contributed by atoms with Gasteiger partial charge in [0.15, 0.2) is 0 Å². The van der Waals surface area contributed by atoms with Gasteiger partial charge < -0.3 is 10.1 Å². The van der Waals surface area contributed by atoms with Gasteiger partial charge in [-0.1, -0.05) is 11.6 Å². The molecule has 6 nitrogen and oxygen atoms in total. The Hall–Kier alpha value is -2.46. The topological polar surface area (TPSA) is 84.5 Å². The average Bonchev–Trinajstić information content (AvgIpc) is 2.61. The lowest BCUT2D eigenvalue weighted by molar-refractivity contribution is -0.137. The van der Waals surface area contributed by atoms with Gasteiger partial charge in [-0.25, -0.2) is 8.42 Å². The molecule has 1 amide bonds. The van der Waals surface area contributed by atoms with E-state index < -0.39 is 32.7 Å². The molecule has 152 valence electrons. The molecule has 0 radical (unpaired) electrons. The van der Waals surface area contributed by atoms with Gasteiger partial charge in [-0.2, -0.15) is 13.2 Å². The van der Waals surface area contributed by atoms with Gasteiger partial charge in [-0.3, -0.25) is 9.52 Å². The molecule has 2 N–H and O–H groups in total. The second-order valence-corrected chi connectivity index (χ2v) is 7.61. The highest BCUT2D eigenvalue weighted by Gasteiger charge is 2.33. The molecule has 2 aromatic carbocycles. The summed E-state index contributed by atoms with van der Waals surface area (Å²) >= 11 is 5.53. The summed E-state index contributed by atoms with van der Waals surface area (Å²) in [4.78, 5) is 11.8. The first kappa shape index (κ1) is 21.8. The maximum Gasteiger partial charge on any atom is 0.417 e. The fourth-order valence-electron chi connectivity index (χ4n) is 2.31. The number of anilines is 1. The van der Waals surface area contributed by atoms with Crippen LogP contribution in [0.15, 0.2) is 41.3 Å². The number of carbonyl (C=O) groups is 1. The van der Waals surface area contributed by atoms with E-state index in [0.29, 0.717) is 12.6 Å². The van der Waals surface area contributed by atoms with Crippen molar-refractivity contribution in [1.29, 1.82) is 0 Å². The third-order valence-electron chi connectivity index (χ3n) is 3.59. The number of carbonyl (C=O) groups excluding carboxylic acids is 1. The Morgan fingerprint density at radius 3 is 2.43 bits per heavy atom. The molecule has 0 saturated heterocycles. The van der Waals surface area contributed by atoms with Crippen molar-refractivity contribution in [3.63, 3.8) is 0 Å². The molecule has 28 heavy (non-hydrogen) atoms. The predicted molar refractivity (Wildman–Crippen MR) is 98.3 cm³/mol. The molecule has 0 spiro atoms. The molecular formula is C17H16ClF3N2O4S. The number of hydrogen-bond donors (Lipinski definition) is 2. The van der Waals surface area contributed by atoms with E-state index in [1.807, 2.05) is 0 Å². The summed E-state index contributed by atoms with van der Waals surface area (Å²) in [5.74, 6) is -0.405. The Bertz CT molecular complexity index is 994. The average molecular weight is 437 g/mol. The quantitative estimate of drug-likeness (QED) is 0.719. The number of hydrogen-bond acceptors (Lipinski definition) is 4. The number of methoxy groups -OCH3 is 1. The number of halogens is 4. The van der Waals surface area contributed by atoms with Gasteiger partial charge in [0.2, 0.25) is 0 Å². The van der Waals surface area contributed by atoms with Gasteiger partial charge in [0.25, 0.3) is 15.9 Å². The van der Waals surface area contributed by atoms with E-state index in [4.69, 9.17) is 16.3 Å². The highest BCUT2D eigenvalue weighted by molar-refractivity contribution is 7.92. The van der Waals surface area contributed by atoms with Gasteiger partial charge >= 0.3 is 6.18 Å². The summed E-state index contributed by atoms with van der Waals surface area (Å²) < 4.78 is 71.2. The molecule has 0 atom stereocenters. The van der Waals surface area contributed by atoms with Crippen LogP contribution in [0.3, 0.4) is 0 Å². The van der Waals surface area contributed by atoms with Crippen molar-refractivity contribution in [2.75, 3.05) is 18.4 Å². The summed E-state index contributed by atoms with van der Waals surface area (Å²) in [5, 5.41) is 1.96.